The molecule has 0 heterocycles. The molecule has 1 N–H and O–H groups in total. The van der Waals surface area contributed by atoms with Crippen LogP contribution in [0, 0.1) is 0 Å². The zero-order chi connectivity index (χ0) is 14.6. The fourth-order valence-corrected chi connectivity index (χ4v) is 2.24. The minimum Gasteiger partial charge on any atom is -0.496 e. The van der Waals surface area contributed by atoms with Gasteiger partial charge in [0.05, 0.1) is 13.7 Å². The predicted molar refractivity (Wildman–Crippen MR) is 79.3 cm³/mol. The summed E-state index contributed by atoms with van der Waals surface area (Å²) in [5, 5.41) is 10.9. The van der Waals surface area contributed by atoms with Crippen molar-refractivity contribution in [1.82, 2.24) is 0 Å². The third-order valence-electron chi connectivity index (χ3n) is 3.36. The lowest BCUT2D eigenvalue weighted by atomic mass is 9.87. The molecule has 3 nitrogen and oxygen atoms in total. The van der Waals surface area contributed by atoms with Gasteiger partial charge in [0, 0.05) is 5.56 Å². The summed E-state index contributed by atoms with van der Waals surface area (Å²) in [6.45, 7) is 4.34. The third-order valence-corrected chi connectivity index (χ3v) is 3.36. The first kappa shape index (κ1) is 14.4. The molecule has 20 heavy (non-hydrogen) atoms. The van der Waals surface area contributed by atoms with E-state index in [0.717, 1.165) is 16.9 Å². The lowest BCUT2D eigenvalue weighted by Crippen LogP contribution is -2.23. The van der Waals surface area contributed by atoms with E-state index in [-0.39, 0.29) is 0 Å². The highest BCUT2D eigenvalue weighted by molar-refractivity contribution is 5.45. The SMILES string of the molecule is CCOc1ccc(C(C)(O)c2ccccc2OC)cc1. The van der Waals surface area contributed by atoms with Gasteiger partial charge in [-0.2, -0.15) is 0 Å². The van der Waals surface area contributed by atoms with E-state index in [1.54, 1.807) is 14.0 Å². The summed E-state index contributed by atoms with van der Waals surface area (Å²) in [6, 6.07) is 15.0. The second kappa shape index (κ2) is 5.97. The highest BCUT2D eigenvalue weighted by Crippen LogP contribution is 2.35. The fraction of sp³-hybridized carbons (Fsp3) is 0.294. The summed E-state index contributed by atoms with van der Waals surface area (Å²) >= 11 is 0. The smallest absolute Gasteiger partial charge is 0.125 e. The number of para-hydroxylation sites is 1. The van der Waals surface area contributed by atoms with Crippen LogP contribution in [0.25, 0.3) is 0 Å². The van der Waals surface area contributed by atoms with Gasteiger partial charge in [0.2, 0.25) is 0 Å². The van der Waals surface area contributed by atoms with Gasteiger partial charge in [-0.15, -0.1) is 0 Å². The summed E-state index contributed by atoms with van der Waals surface area (Å²) in [6.07, 6.45) is 0. The summed E-state index contributed by atoms with van der Waals surface area (Å²) in [7, 11) is 1.60. The monoisotopic (exact) mass is 272 g/mol. The Morgan fingerprint density at radius 2 is 1.70 bits per heavy atom. The number of hydrogen-bond acceptors (Lipinski definition) is 3. The number of benzene rings is 2. The first-order valence-electron chi connectivity index (χ1n) is 6.68. The summed E-state index contributed by atoms with van der Waals surface area (Å²) in [5.41, 5.74) is 0.425. The van der Waals surface area contributed by atoms with Crippen molar-refractivity contribution in [1.29, 1.82) is 0 Å². The van der Waals surface area contributed by atoms with Crippen LogP contribution in [0.5, 0.6) is 11.5 Å². The average molecular weight is 272 g/mol. The predicted octanol–water partition coefficient (Wildman–Crippen LogP) is 3.35. The van der Waals surface area contributed by atoms with Gasteiger partial charge in [-0.05, 0) is 37.6 Å². The number of hydrogen-bond donors (Lipinski definition) is 1. The van der Waals surface area contributed by atoms with Crippen molar-refractivity contribution in [2.45, 2.75) is 19.4 Å². The number of rotatable bonds is 5. The van der Waals surface area contributed by atoms with E-state index < -0.39 is 5.60 Å². The molecule has 2 aromatic rings. The van der Waals surface area contributed by atoms with Gasteiger partial charge in [-0.25, -0.2) is 0 Å². The van der Waals surface area contributed by atoms with E-state index in [1.807, 2.05) is 55.5 Å². The normalized spacial score (nSPS) is 13.6. The first-order valence-corrected chi connectivity index (χ1v) is 6.68. The Balaban J connectivity index is 2.38. The standard InChI is InChI=1S/C17H20O3/c1-4-20-14-11-9-13(10-12-14)17(2,18)15-7-5-6-8-16(15)19-3/h5-12,18H,4H2,1-3H3. The maximum absolute atomic E-state index is 10.9. The van der Waals surface area contributed by atoms with Crippen molar-refractivity contribution in [3.8, 4) is 11.5 Å². The quantitative estimate of drug-likeness (QED) is 0.907. The van der Waals surface area contributed by atoms with Crippen LogP contribution in [0.15, 0.2) is 48.5 Å². The molecule has 1 unspecified atom stereocenters. The fourth-order valence-electron chi connectivity index (χ4n) is 2.24. The van der Waals surface area contributed by atoms with E-state index in [4.69, 9.17) is 9.47 Å². The molecule has 0 aliphatic rings. The molecule has 2 aromatic carbocycles. The Kier molecular flexibility index (Phi) is 4.30. The number of methoxy groups -OCH3 is 1. The van der Waals surface area contributed by atoms with Crippen LogP contribution < -0.4 is 9.47 Å². The second-order valence-electron chi connectivity index (χ2n) is 4.73. The van der Waals surface area contributed by atoms with Gasteiger partial charge < -0.3 is 14.6 Å². The maximum atomic E-state index is 10.9. The molecule has 0 saturated carbocycles. The molecule has 0 aliphatic carbocycles. The van der Waals surface area contributed by atoms with Gasteiger partial charge in [-0.3, -0.25) is 0 Å². The maximum Gasteiger partial charge on any atom is 0.125 e. The zero-order valence-electron chi connectivity index (χ0n) is 12.1. The second-order valence-corrected chi connectivity index (χ2v) is 4.73. The van der Waals surface area contributed by atoms with Crippen molar-refractivity contribution < 1.29 is 14.6 Å². The molecule has 0 saturated heterocycles. The van der Waals surface area contributed by atoms with Crippen molar-refractivity contribution in [2.24, 2.45) is 0 Å². The summed E-state index contributed by atoms with van der Waals surface area (Å²) < 4.78 is 10.7. The average Bonchev–Trinajstić information content (AvgIpc) is 2.48. The van der Waals surface area contributed by atoms with E-state index in [0.29, 0.717) is 12.4 Å². The van der Waals surface area contributed by atoms with Crippen LogP contribution in [0.1, 0.15) is 25.0 Å². The minimum absolute atomic E-state index is 0.627. The lowest BCUT2D eigenvalue weighted by molar-refractivity contribution is 0.0989. The Morgan fingerprint density at radius 1 is 1.05 bits per heavy atom. The molecular formula is C17H20O3. The molecule has 0 fully saturated rings. The van der Waals surface area contributed by atoms with E-state index in [9.17, 15) is 5.11 Å². The first-order chi connectivity index (χ1) is 9.59. The largest absolute Gasteiger partial charge is 0.496 e. The molecule has 1 atom stereocenters. The van der Waals surface area contributed by atoms with Crippen LogP contribution >= 0.6 is 0 Å². The van der Waals surface area contributed by atoms with Crippen LogP contribution in [-0.4, -0.2) is 18.8 Å². The minimum atomic E-state index is -1.11. The topological polar surface area (TPSA) is 38.7 Å². The van der Waals surface area contributed by atoms with Crippen molar-refractivity contribution in [2.75, 3.05) is 13.7 Å². The number of ether oxygens (including phenoxy) is 2. The van der Waals surface area contributed by atoms with Gasteiger partial charge in [0.15, 0.2) is 0 Å². The molecule has 0 radical (unpaired) electrons. The van der Waals surface area contributed by atoms with Gasteiger partial charge >= 0.3 is 0 Å². The van der Waals surface area contributed by atoms with Crippen LogP contribution in [0.4, 0.5) is 0 Å². The molecule has 3 heteroatoms. The Morgan fingerprint density at radius 3 is 2.30 bits per heavy atom. The van der Waals surface area contributed by atoms with Gasteiger partial charge in [-0.1, -0.05) is 30.3 Å². The highest BCUT2D eigenvalue weighted by Gasteiger charge is 2.28. The summed E-state index contributed by atoms with van der Waals surface area (Å²) in [4.78, 5) is 0. The van der Waals surface area contributed by atoms with Crippen molar-refractivity contribution in [3.63, 3.8) is 0 Å². The molecule has 0 aromatic heterocycles. The van der Waals surface area contributed by atoms with Crippen LogP contribution in [0.2, 0.25) is 0 Å². The molecular weight excluding hydrogens is 252 g/mol. The Labute approximate surface area is 119 Å². The molecule has 2 rings (SSSR count). The number of aliphatic hydroxyl groups is 1. The lowest BCUT2D eigenvalue weighted by Gasteiger charge is -2.26. The molecule has 106 valence electrons. The highest BCUT2D eigenvalue weighted by atomic mass is 16.5. The van der Waals surface area contributed by atoms with Crippen LogP contribution in [-0.2, 0) is 5.60 Å². The molecule has 0 amide bonds. The Hall–Kier alpha value is -2.00. The van der Waals surface area contributed by atoms with Gasteiger partial charge in [0.1, 0.15) is 17.1 Å². The van der Waals surface area contributed by atoms with Gasteiger partial charge in [0.25, 0.3) is 0 Å². The van der Waals surface area contributed by atoms with Crippen molar-refractivity contribution >= 4 is 0 Å². The van der Waals surface area contributed by atoms with E-state index in [2.05, 4.69) is 0 Å². The molecule has 0 bridgehead atoms. The van der Waals surface area contributed by atoms with Crippen LogP contribution in [0.3, 0.4) is 0 Å². The summed E-state index contributed by atoms with van der Waals surface area (Å²) in [5.74, 6) is 1.47. The molecule has 0 aliphatic heterocycles. The zero-order valence-corrected chi connectivity index (χ0v) is 12.1. The molecule has 0 spiro atoms. The van der Waals surface area contributed by atoms with E-state index >= 15 is 0 Å². The third kappa shape index (κ3) is 2.78. The Bertz CT molecular complexity index is 559. The van der Waals surface area contributed by atoms with E-state index in [1.165, 1.54) is 0 Å². The van der Waals surface area contributed by atoms with Crippen molar-refractivity contribution in [3.05, 3.63) is 59.7 Å².